The van der Waals surface area contributed by atoms with Crippen molar-refractivity contribution in [1.29, 1.82) is 0 Å². The first kappa shape index (κ1) is 15.4. The normalized spacial score (nSPS) is 12.3. The lowest BCUT2D eigenvalue weighted by Crippen LogP contribution is -2.39. The van der Waals surface area contributed by atoms with Gasteiger partial charge in [0.15, 0.2) is 0 Å². The van der Waals surface area contributed by atoms with Gasteiger partial charge in [-0.05, 0) is 32.0 Å². The zero-order valence-corrected chi connectivity index (χ0v) is 12.4. The maximum absolute atomic E-state index is 12.5. The van der Waals surface area contributed by atoms with Gasteiger partial charge in [-0.15, -0.1) is 0 Å². The van der Waals surface area contributed by atoms with Gasteiger partial charge in [-0.3, -0.25) is 9.78 Å². The number of para-hydroxylation sites is 1. The summed E-state index contributed by atoms with van der Waals surface area (Å²) in [5.74, 6) is -0.118. The first-order chi connectivity index (χ1) is 10.2. The molecule has 1 atom stereocenters. The zero-order chi connectivity index (χ0) is 15.2. The first-order valence-electron chi connectivity index (χ1n) is 7.02. The highest BCUT2D eigenvalue weighted by Gasteiger charge is 2.16. The van der Waals surface area contributed by atoms with Crippen LogP contribution in [0.15, 0.2) is 30.3 Å². The molecule has 2 rings (SSSR count). The summed E-state index contributed by atoms with van der Waals surface area (Å²) in [6, 6.07) is 9.36. The van der Waals surface area contributed by atoms with Crippen LogP contribution in [0, 0.1) is 6.92 Å². The first-order valence-corrected chi connectivity index (χ1v) is 7.02. The number of hydrogen-bond donors (Lipinski definition) is 2. The number of aromatic nitrogens is 1. The van der Waals surface area contributed by atoms with Crippen molar-refractivity contribution in [1.82, 2.24) is 10.3 Å². The van der Waals surface area contributed by atoms with Crippen molar-refractivity contribution in [3.63, 3.8) is 0 Å². The van der Waals surface area contributed by atoms with Gasteiger partial charge in [0.1, 0.15) is 0 Å². The molecule has 0 saturated carbocycles. The fourth-order valence-corrected chi connectivity index (χ4v) is 2.36. The number of nitrogens with one attached hydrogen (secondary N) is 1. The SMILES string of the molecule is COCC(CCN)NC(=O)c1cc(C)nc2ccccc12. The molecule has 1 unspecified atom stereocenters. The maximum atomic E-state index is 12.5. The Hall–Kier alpha value is -1.98. The van der Waals surface area contributed by atoms with Gasteiger partial charge in [0.25, 0.3) is 5.91 Å². The topological polar surface area (TPSA) is 77.2 Å². The third-order valence-electron chi connectivity index (χ3n) is 3.31. The lowest BCUT2D eigenvalue weighted by molar-refractivity contribution is 0.0895. The molecule has 1 heterocycles. The van der Waals surface area contributed by atoms with Crippen LogP contribution in [0.2, 0.25) is 0 Å². The van der Waals surface area contributed by atoms with Crippen LogP contribution >= 0.6 is 0 Å². The van der Waals surface area contributed by atoms with Crippen LogP contribution in [0.25, 0.3) is 10.9 Å². The highest BCUT2D eigenvalue weighted by atomic mass is 16.5. The summed E-state index contributed by atoms with van der Waals surface area (Å²) in [6.45, 7) is 2.84. The highest BCUT2D eigenvalue weighted by Crippen LogP contribution is 2.18. The summed E-state index contributed by atoms with van der Waals surface area (Å²) < 4.78 is 5.12. The van der Waals surface area contributed by atoms with Crippen LogP contribution in [-0.2, 0) is 4.74 Å². The number of hydrogen-bond acceptors (Lipinski definition) is 4. The molecule has 0 bridgehead atoms. The van der Waals surface area contributed by atoms with E-state index in [2.05, 4.69) is 10.3 Å². The van der Waals surface area contributed by atoms with E-state index in [9.17, 15) is 4.79 Å². The molecule has 2 aromatic rings. The van der Waals surface area contributed by atoms with E-state index in [0.717, 1.165) is 16.6 Å². The summed E-state index contributed by atoms with van der Waals surface area (Å²) in [4.78, 5) is 17.0. The van der Waals surface area contributed by atoms with Crippen molar-refractivity contribution >= 4 is 16.8 Å². The van der Waals surface area contributed by atoms with E-state index in [1.54, 1.807) is 7.11 Å². The average molecular weight is 287 g/mol. The molecular weight excluding hydrogens is 266 g/mol. The van der Waals surface area contributed by atoms with Gasteiger partial charge in [-0.25, -0.2) is 0 Å². The van der Waals surface area contributed by atoms with Crippen LogP contribution in [-0.4, -0.2) is 37.2 Å². The number of aryl methyl sites for hydroxylation is 1. The molecule has 5 heteroatoms. The molecular formula is C16H21N3O2. The second-order valence-electron chi connectivity index (χ2n) is 5.03. The number of pyridine rings is 1. The number of nitrogens with two attached hydrogens (primary N) is 1. The van der Waals surface area contributed by atoms with Gasteiger partial charge in [-0.1, -0.05) is 18.2 Å². The predicted molar refractivity (Wildman–Crippen MR) is 83.3 cm³/mol. The Morgan fingerprint density at radius 2 is 2.19 bits per heavy atom. The smallest absolute Gasteiger partial charge is 0.252 e. The lowest BCUT2D eigenvalue weighted by atomic mass is 10.1. The number of methoxy groups -OCH3 is 1. The molecule has 21 heavy (non-hydrogen) atoms. The van der Waals surface area contributed by atoms with E-state index in [-0.39, 0.29) is 11.9 Å². The standard InChI is InChI=1S/C16H21N3O2/c1-11-9-14(13-5-3-4-6-15(13)18-11)16(20)19-12(7-8-17)10-21-2/h3-6,9,12H,7-8,10,17H2,1-2H3,(H,19,20). The summed E-state index contributed by atoms with van der Waals surface area (Å²) in [7, 11) is 1.61. The molecule has 0 aliphatic heterocycles. The lowest BCUT2D eigenvalue weighted by Gasteiger charge is -2.18. The van der Waals surface area contributed by atoms with Gasteiger partial charge < -0.3 is 15.8 Å². The second-order valence-corrected chi connectivity index (χ2v) is 5.03. The quantitative estimate of drug-likeness (QED) is 0.846. The summed E-state index contributed by atoms with van der Waals surface area (Å²) in [6.07, 6.45) is 0.682. The number of nitrogens with zero attached hydrogens (tertiary/aromatic N) is 1. The van der Waals surface area contributed by atoms with Crippen molar-refractivity contribution < 1.29 is 9.53 Å². The van der Waals surface area contributed by atoms with Gasteiger partial charge >= 0.3 is 0 Å². The largest absolute Gasteiger partial charge is 0.383 e. The Bertz CT molecular complexity index is 622. The fraction of sp³-hybridized carbons (Fsp3) is 0.375. The molecule has 0 spiro atoms. The van der Waals surface area contributed by atoms with Crippen molar-refractivity contribution in [3.8, 4) is 0 Å². The van der Waals surface area contributed by atoms with Crippen molar-refractivity contribution in [2.24, 2.45) is 5.73 Å². The van der Waals surface area contributed by atoms with Crippen LogP contribution in [0.3, 0.4) is 0 Å². The number of fused-ring (bicyclic) bond motifs is 1. The fourth-order valence-electron chi connectivity index (χ4n) is 2.36. The number of benzene rings is 1. The minimum Gasteiger partial charge on any atom is -0.383 e. The highest BCUT2D eigenvalue weighted by molar-refractivity contribution is 6.06. The molecule has 0 aliphatic carbocycles. The van der Waals surface area contributed by atoms with E-state index in [0.29, 0.717) is 25.1 Å². The van der Waals surface area contributed by atoms with Crippen LogP contribution < -0.4 is 11.1 Å². The third-order valence-corrected chi connectivity index (χ3v) is 3.31. The molecule has 1 amide bonds. The van der Waals surface area contributed by atoms with E-state index in [4.69, 9.17) is 10.5 Å². The number of ether oxygens (including phenoxy) is 1. The Kier molecular flexibility index (Phi) is 5.25. The number of rotatable bonds is 6. The monoisotopic (exact) mass is 287 g/mol. The molecule has 0 fully saturated rings. The van der Waals surface area contributed by atoms with E-state index < -0.39 is 0 Å². The van der Waals surface area contributed by atoms with Crippen molar-refractivity contribution in [2.75, 3.05) is 20.3 Å². The van der Waals surface area contributed by atoms with Crippen molar-refractivity contribution in [3.05, 3.63) is 41.6 Å². The molecule has 5 nitrogen and oxygen atoms in total. The van der Waals surface area contributed by atoms with Crippen LogP contribution in [0.4, 0.5) is 0 Å². The van der Waals surface area contributed by atoms with Gasteiger partial charge in [-0.2, -0.15) is 0 Å². The van der Waals surface area contributed by atoms with Gasteiger partial charge in [0.2, 0.25) is 0 Å². The molecule has 1 aromatic carbocycles. The number of carbonyl (C=O) groups is 1. The van der Waals surface area contributed by atoms with Crippen LogP contribution in [0.5, 0.6) is 0 Å². The Morgan fingerprint density at radius 1 is 1.43 bits per heavy atom. The molecule has 0 saturated heterocycles. The minimum atomic E-state index is -0.118. The van der Waals surface area contributed by atoms with Crippen LogP contribution in [0.1, 0.15) is 22.5 Å². The molecule has 0 aliphatic rings. The minimum absolute atomic E-state index is 0.0836. The summed E-state index contributed by atoms with van der Waals surface area (Å²) >= 11 is 0. The molecule has 1 aromatic heterocycles. The molecule has 3 N–H and O–H groups in total. The third kappa shape index (κ3) is 3.77. The Labute approximate surface area is 124 Å². The van der Waals surface area contributed by atoms with Crippen molar-refractivity contribution in [2.45, 2.75) is 19.4 Å². The summed E-state index contributed by atoms with van der Waals surface area (Å²) in [5.41, 5.74) is 7.85. The Morgan fingerprint density at radius 3 is 2.90 bits per heavy atom. The summed E-state index contributed by atoms with van der Waals surface area (Å²) in [5, 5.41) is 3.83. The molecule has 0 radical (unpaired) electrons. The molecule has 112 valence electrons. The van der Waals surface area contributed by atoms with E-state index >= 15 is 0 Å². The van der Waals surface area contributed by atoms with E-state index in [1.165, 1.54) is 0 Å². The number of carbonyl (C=O) groups excluding carboxylic acids is 1. The second kappa shape index (κ2) is 7.15. The number of amides is 1. The van der Waals surface area contributed by atoms with Gasteiger partial charge in [0.05, 0.1) is 23.7 Å². The average Bonchev–Trinajstić information content (AvgIpc) is 2.46. The van der Waals surface area contributed by atoms with Gasteiger partial charge in [0, 0.05) is 18.2 Å². The Balaban J connectivity index is 2.30. The zero-order valence-electron chi connectivity index (χ0n) is 12.4. The van der Waals surface area contributed by atoms with E-state index in [1.807, 2.05) is 37.3 Å². The maximum Gasteiger partial charge on any atom is 0.252 e. The predicted octanol–water partition coefficient (Wildman–Crippen LogP) is 1.64.